The fourth-order valence-corrected chi connectivity index (χ4v) is 11.0. The molecule has 1 heterocycles. The van der Waals surface area contributed by atoms with E-state index in [9.17, 15) is 34.5 Å². The summed E-state index contributed by atoms with van der Waals surface area (Å²) in [7, 11) is 0. The molecule has 6 unspecified atom stereocenters. The van der Waals surface area contributed by atoms with Gasteiger partial charge in [0.1, 0.15) is 18.8 Å². The van der Waals surface area contributed by atoms with E-state index in [1.165, 1.54) is 225 Å². The van der Waals surface area contributed by atoms with E-state index in [2.05, 4.69) is 32.9 Å². The second-order valence-electron chi connectivity index (χ2n) is 24.2. The molecule has 3 N–H and O–H groups in total. The van der Waals surface area contributed by atoms with Crippen molar-refractivity contribution < 1.29 is 58.2 Å². The maximum atomic E-state index is 13.2. The quantitative estimate of drug-likeness (QED) is 0.0228. The highest BCUT2D eigenvalue weighted by Crippen LogP contribution is 2.27. The van der Waals surface area contributed by atoms with Crippen LogP contribution in [0.3, 0.4) is 0 Å². The Hall–Kier alpha value is -2.54. The van der Waals surface area contributed by atoms with Gasteiger partial charge in [-0.3, -0.25) is 14.4 Å². The average Bonchev–Trinajstić information content (AvgIpc) is 3.53. The van der Waals surface area contributed by atoms with Gasteiger partial charge in [-0.15, -0.1) is 0 Å². The van der Waals surface area contributed by atoms with Gasteiger partial charge in [0.25, 0.3) is 0 Å². The molecular weight excluding hydrogens is 1020 g/mol. The van der Waals surface area contributed by atoms with E-state index >= 15 is 0 Å². The van der Waals surface area contributed by atoms with E-state index in [0.29, 0.717) is 19.3 Å². The van der Waals surface area contributed by atoms with Crippen LogP contribution < -0.4 is 0 Å². The second kappa shape index (κ2) is 57.9. The lowest BCUT2D eigenvalue weighted by Crippen LogP contribution is -2.61. The topological polar surface area (TPSA) is 175 Å². The maximum absolute atomic E-state index is 13.2. The predicted octanol–water partition coefficient (Wildman–Crippen LogP) is 18.8. The molecular formula is C69H128O12. The summed E-state index contributed by atoms with van der Waals surface area (Å²) in [6.07, 6.45) is 54.5. The minimum atomic E-state index is -1.90. The maximum Gasteiger partial charge on any atom is 0.335 e. The van der Waals surface area contributed by atoms with Crippen molar-refractivity contribution in [3.63, 3.8) is 0 Å². The summed E-state index contributed by atoms with van der Waals surface area (Å²) in [4.78, 5) is 51.4. The lowest BCUT2D eigenvalue weighted by atomic mass is 9.98. The predicted molar refractivity (Wildman–Crippen MR) is 331 cm³/mol. The number of rotatable bonds is 61. The number of carbonyl (C=O) groups is 4. The number of carboxylic acids is 1. The SMILES string of the molecule is CCCCCCCC/C=C\CCCCCCCCCC(=O)OC1C(OCC(COC(=O)CCCCCCCCCCCCCCCCCCCCC)OC(=O)CCCCCCCCCCCCCCCCC)OC(C(=O)O)C(O)C1O. The number of allylic oxidation sites excluding steroid dienone is 2. The number of hydrogen-bond donors (Lipinski definition) is 3. The van der Waals surface area contributed by atoms with Crippen molar-refractivity contribution in [1.82, 2.24) is 0 Å². The van der Waals surface area contributed by atoms with Gasteiger partial charge in [0, 0.05) is 19.3 Å². The van der Waals surface area contributed by atoms with Crippen LogP contribution in [0.15, 0.2) is 12.2 Å². The summed E-state index contributed by atoms with van der Waals surface area (Å²) < 4.78 is 28.6. The molecule has 476 valence electrons. The van der Waals surface area contributed by atoms with Crippen molar-refractivity contribution in [3.05, 3.63) is 12.2 Å². The van der Waals surface area contributed by atoms with Gasteiger partial charge >= 0.3 is 23.9 Å². The van der Waals surface area contributed by atoms with Crippen LogP contribution in [0.2, 0.25) is 0 Å². The first-order valence-electron chi connectivity index (χ1n) is 34.7. The van der Waals surface area contributed by atoms with E-state index in [4.69, 9.17) is 23.7 Å². The number of hydrogen-bond acceptors (Lipinski definition) is 11. The van der Waals surface area contributed by atoms with Gasteiger partial charge < -0.3 is 39.0 Å². The highest BCUT2D eigenvalue weighted by molar-refractivity contribution is 5.74. The van der Waals surface area contributed by atoms with Crippen molar-refractivity contribution in [2.75, 3.05) is 13.2 Å². The minimum absolute atomic E-state index is 0.0623. The van der Waals surface area contributed by atoms with E-state index < -0.39 is 67.3 Å². The van der Waals surface area contributed by atoms with Gasteiger partial charge in [0.2, 0.25) is 0 Å². The number of aliphatic hydroxyl groups is 2. The highest BCUT2D eigenvalue weighted by atomic mass is 16.7. The molecule has 1 aliphatic heterocycles. The Bertz CT molecular complexity index is 1460. The number of carbonyl (C=O) groups excluding carboxylic acids is 3. The van der Waals surface area contributed by atoms with Crippen LogP contribution in [0.4, 0.5) is 0 Å². The van der Waals surface area contributed by atoms with Crippen LogP contribution in [0.5, 0.6) is 0 Å². The molecule has 0 aromatic heterocycles. The Morgan fingerprint density at radius 2 is 0.704 bits per heavy atom. The molecule has 1 aliphatic rings. The third-order valence-corrected chi connectivity index (χ3v) is 16.3. The van der Waals surface area contributed by atoms with Crippen molar-refractivity contribution in [2.45, 2.75) is 391 Å². The zero-order valence-electron chi connectivity index (χ0n) is 52.8. The molecule has 0 aromatic rings. The van der Waals surface area contributed by atoms with Crippen LogP contribution in [0.1, 0.15) is 355 Å². The number of carboxylic acid groups (broad SMARTS) is 1. The molecule has 0 amide bonds. The van der Waals surface area contributed by atoms with E-state index in [-0.39, 0.29) is 25.9 Å². The largest absolute Gasteiger partial charge is 0.479 e. The van der Waals surface area contributed by atoms with Gasteiger partial charge in [0.15, 0.2) is 24.6 Å². The van der Waals surface area contributed by atoms with E-state index in [0.717, 1.165) is 70.6 Å². The second-order valence-corrected chi connectivity index (χ2v) is 24.2. The molecule has 0 spiro atoms. The first-order valence-corrected chi connectivity index (χ1v) is 34.7. The summed E-state index contributed by atoms with van der Waals surface area (Å²) in [5.41, 5.74) is 0. The smallest absolute Gasteiger partial charge is 0.335 e. The molecule has 12 heteroatoms. The fourth-order valence-electron chi connectivity index (χ4n) is 11.0. The fraction of sp³-hybridized carbons (Fsp3) is 0.913. The van der Waals surface area contributed by atoms with Crippen molar-refractivity contribution in [2.24, 2.45) is 0 Å². The average molecular weight is 1150 g/mol. The number of aliphatic hydroxyl groups excluding tert-OH is 2. The Morgan fingerprint density at radius 1 is 0.395 bits per heavy atom. The molecule has 0 saturated carbocycles. The third kappa shape index (κ3) is 47.4. The van der Waals surface area contributed by atoms with Crippen molar-refractivity contribution in [1.29, 1.82) is 0 Å². The first-order chi connectivity index (χ1) is 39.6. The van der Waals surface area contributed by atoms with Gasteiger partial charge in [-0.25, -0.2) is 4.79 Å². The first kappa shape index (κ1) is 76.5. The molecule has 81 heavy (non-hydrogen) atoms. The molecule has 0 aromatic carbocycles. The molecule has 0 aliphatic carbocycles. The summed E-state index contributed by atoms with van der Waals surface area (Å²) in [5.74, 6) is -3.07. The van der Waals surface area contributed by atoms with Crippen LogP contribution in [0, 0.1) is 0 Å². The summed E-state index contributed by atoms with van der Waals surface area (Å²) in [5, 5.41) is 31.6. The Morgan fingerprint density at radius 3 is 1.05 bits per heavy atom. The summed E-state index contributed by atoms with van der Waals surface area (Å²) >= 11 is 0. The molecule has 12 nitrogen and oxygen atoms in total. The number of aliphatic carboxylic acids is 1. The van der Waals surface area contributed by atoms with E-state index in [1.54, 1.807) is 0 Å². The summed E-state index contributed by atoms with van der Waals surface area (Å²) in [6, 6.07) is 0. The molecule has 0 bridgehead atoms. The lowest BCUT2D eigenvalue weighted by Gasteiger charge is -2.40. The van der Waals surface area contributed by atoms with E-state index in [1.807, 2.05) is 0 Å². The molecule has 1 rings (SSSR count). The number of esters is 3. The van der Waals surface area contributed by atoms with Crippen LogP contribution in [-0.4, -0.2) is 89.2 Å². The Kier molecular flexibility index (Phi) is 54.6. The number of unbranched alkanes of at least 4 members (excludes halogenated alkanes) is 45. The third-order valence-electron chi connectivity index (χ3n) is 16.3. The Balaban J connectivity index is 2.61. The van der Waals surface area contributed by atoms with Crippen LogP contribution in [-0.2, 0) is 42.9 Å². The number of ether oxygens (including phenoxy) is 5. The molecule has 1 saturated heterocycles. The molecule has 0 radical (unpaired) electrons. The van der Waals surface area contributed by atoms with Crippen molar-refractivity contribution in [3.8, 4) is 0 Å². The normalized spacial score (nSPS) is 17.7. The summed E-state index contributed by atoms with van der Waals surface area (Å²) in [6.45, 7) is 6.07. The van der Waals surface area contributed by atoms with Gasteiger partial charge in [0.05, 0.1) is 6.61 Å². The van der Waals surface area contributed by atoms with Crippen LogP contribution >= 0.6 is 0 Å². The van der Waals surface area contributed by atoms with Gasteiger partial charge in [-0.2, -0.15) is 0 Å². The van der Waals surface area contributed by atoms with Gasteiger partial charge in [-0.05, 0) is 44.9 Å². The highest BCUT2D eigenvalue weighted by Gasteiger charge is 2.50. The Labute approximate surface area is 496 Å². The van der Waals surface area contributed by atoms with Crippen molar-refractivity contribution >= 4 is 23.9 Å². The van der Waals surface area contributed by atoms with Gasteiger partial charge in [-0.1, -0.05) is 303 Å². The zero-order valence-corrected chi connectivity index (χ0v) is 52.8. The lowest BCUT2D eigenvalue weighted by molar-refractivity contribution is -0.301. The zero-order chi connectivity index (χ0) is 58.9. The molecule has 6 atom stereocenters. The molecule has 1 fully saturated rings. The minimum Gasteiger partial charge on any atom is -0.479 e. The standard InChI is InChI=1S/C69H128O12/c1-4-7-10-13-16-19-22-25-28-30-31-33-35-37-40-43-46-49-52-55-61(70)77-58-60(79-62(71)56-53-50-47-44-41-38-34-27-24-21-18-15-12-9-6-3)59-78-69-67(65(74)64(73)66(81-69)68(75)76)80-63(72)57-54-51-48-45-42-39-36-32-29-26-23-20-17-14-11-8-5-2/h26,29,60,64-67,69,73-74H,4-25,27-28,30-59H2,1-3H3,(H,75,76)/b29-26-. The van der Waals surface area contributed by atoms with Crippen LogP contribution in [0.25, 0.3) is 0 Å². The monoisotopic (exact) mass is 1150 g/mol.